The summed E-state index contributed by atoms with van der Waals surface area (Å²) in [5, 5.41) is 27.5. The molecule has 0 radical (unpaired) electrons. The van der Waals surface area contributed by atoms with Gasteiger partial charge < -0.3 is 39.8 Å². The Hall–Kier alpha value is -4.16. The van der Waals surface area contributed by atoms with Gasteiger partial charge >= 0.3 is 23.9 Å². The van der Waals surface area contributed by atoms with Gasteiger partial charge in [-0.3, -0.25) is 19.2 Å². The summed E-state index contributed by atoms with van der Waals surface area (Å²) < 4.78 is 23.2. The average molecular weight is 635 g/mol. The number of aromatic hydroxyl groups is 2. The first kappa shape index (κ1) is 30.5. The van der Waals surface area contributed by atoms with Crippen molar-refractivity contribution in [3.8, 4) is 11.5 Å². The topological polar surface area (TPSA) is 170 Å². The molecule has 8 bridgehead atoms. The molecule has 2 aliphatic carbocycles. The van der Waals surface area contributed by atoms with Crippen LogP contribution in [0.3, 0.4) is 0 Å². The normalized spacial score (nSPS) is 38.6. The van der Waals surface area contributed by atoms with E-state index in [4.69, 9.17) is 18.9 Å². The largest absolute Gasteiger partial charge is 0.508 e. The third-order valence-corrected chi connectivity index (χ3v) is 11.4. The molecule has 244 valence electrons. The first-order chi connectivity index (χ1) is 22.1. The van der Waals surface area contributed by atoms with E-state index >= 15 is 0 Å². The number of rotatable bonds is 10. The van der Waals surface area contributed by atoms with Crippen LogP contribution in [0.4, 0.5) is 0 Å². The van der Waals surface area contributed by atoms with E-state index in [0.29, 0.717) is 11.1 Å². The molecule has 4 heterocycles. The lowest BCUT2D eigenvalue weighted by molar-refractivity contribution is -0.367. The standard InChI is InChI=1S/C34H38N2O10/c1-5-43-27(39)31-21(17-9-13-19(37)14-10-17)32(28(40)44-6-2)25-34(30(42)46-8-4)22(18-11-15-20(38)16-12-18)33(23(31)35-25,29(41)45-7-3)24(31)36-26(32)34/h9-16,21-26,35-38H,5-8H2,1-4H3. The highest BCUT2D eigenvalue weighted by atomic mass is 16.6. The van der Waals surface area contributed by atoms with E-state index in [1.54, 1.807) is 52.0 Å². The predicted molar refractivity (Wildman–Crippen MR) is 159 cm³/mol. The van der Waals surface area contributed by atoms with Gasteiger partial charge in [0.2, 0.25) is 0 Å². The number of hydrogen-bond donors (Lipinski definition) is 4. The maximum absolute atomic E-state index is 14.6. The fraction of sp³-hybridized carbons (Fsp3) is 0.529. The minimum atomic E-state index is -1.53. The number of benzene rings is 2. The predicted octanol–water partition coefficient (Wildman–Crippen LogP) is 1.88. The number of hydrogen-bond acceptors (Lipinski definition) is 12. The van der Waals surface area contributed by atoms with Crippen molar-refractivity contribution in [3.05, 3.63) is 59.7 Å². The van der Waals surface area contributed by atoms with Crippen molar-refractivity contribution >= 4 is 23.9 Å². The summed E-state index contributed by atoms with van der Waals surface area (Å²) in [5.74, 6) is -4.28. The van der Waals surface area contributed by atoms with Crippen LogP contribution in [-0.2, 0) is 38.1 Å². The average Bonchev–Trinajstić information content (AvgIpc) is 3.00. The van der Waals surface area contributed by atoms with Crippen molar-refractivity contribution in [2.75, 3.05) is 26.4 Å². The molecule has 2 aromatic rings. The second-order valence-electron chi connectivity index (χ2n) is 12.7. The summed E-state index contributed by atoms with van der Waals surface area (Å²) in [7, 11) is 0. The van der Waals surface area contributed by atoms with Crippen LogP contribution in [0, 0.1) is 21.7 Å². The molecule has 0 amide bonds. The van der Waals surface area contributed by atoms with E-state index in [2.05, 4.69) is 10.6 Å². The number of carbonyl (C=O) groups is 4. The third kappa shape index (κ3) is 3.07. The second-order valence-corrected chi connectivity index (χ2v) is 12.7. The molecule has 2 aromatic carbocycles. The first-order valence-electron chi connectivity index (χ1n) is 15.9. The quantitative estimate of drug-likeness (QED) is 0.222. The summed E-state index contributed by atoms with van der Waals surface area (Å²) in [5.41, 5.74) is -5.01. The van der Waals surface area contributed by atoms with Gasteiger partial charge in [-0.25, -0.2) is 0 Å². The van der Waals surface area contributed by atoms with Crippen molar-refractivity contribution in [2.45, 2.75) is 63.7 Å². The number of phenolic OH excluding ortho intramolecular Hbond substituents is 2. The Bertz CT molecular complexity index is 1400. The first-order valence-corrected chi connectivity index (χ1v) is 15.9. The highest BCUT2D eigenvalue weighted by Gasteiger charge is 3.03. The van der Waals surface area contributed by atoms with Crippen molar-refractivity contribution in [2.24, 2.45) is 21.7 Å². The third-order valence-electron chi connectivity index (χ3n) is 11.4. The van der Waals surface area contributed by atoms with Gasteiger partial charge in [-0.15, -0.1) is 0 Å². The molecule has 4 N–H and O–H groups in total. The van der Waals surface area contributed by atoms with Gasteiger partial charge in [0, 0.05) is 36.0 Å². The Kier molecular flexibility index (Phi) is 6.74. The van der Waals surface area contributed by atoms with Gasteiger partial charge in [-0.05, 0) is 63.1 Å². The fourth-order valence-electron chi connectivity index (χ4n) is 10.5. The number of phenols is 2. The highest BCUT2D eigenvalue weighted by molar-refractivity contribution is 6.02. The van der Waals surface area contributed by atoms with Gasteiger partial charge in [-0.1, -0.05) is 24.3 Å². The molecule has 46 heavy (non-hydrogen) atoms. The summed E-state index contributed by atoms with van der Waals surface area (Å²) in [6.07, 6.45) is 0. The Labute approximate surface area is 265 Å². The molecule has 6 aliphatic rings. The van der Waals surface area contributed by atoms with Crippen LogP contribution in [-0.4, -0.2) is 84.7 Å². The highest BCUT2D eigenvalue weighted by Crippen LogP contribution is 2.88. The van der Waals surface area contributed by atoms with E-state index in [-0.39, 0.29) is 37.9 Å². The zero-order valence-corrected chi connectivity index (χ0v) is 26.1. The van der Waals surface area contributed by atoms with Crippen LogP contribution < -0.4 is 10.6 Å². The van der Waals surface area contributed by atoms with Crippen LogP contribution in [0.15, 0.2) is 48.5 Å². The Morgan fingerprint density at radius 1 is 0.522 bits per heavy atom. The second kappa shape index (κ2) is 10.2. The van der Waals surface area contributed by atoms with Crippen molar-refractivity contribution in [3.63, 3.8) is 0 Å². The molecule has 2 saturated carbocycles. The Balaban J connectivity index is 1.60. The Morgan fingerprint density at radius 3 is 0.978 bits per heavy atom. The minimum absolute atomic E-state index is 0.00659. The minimum Gasteiger partial charge on any atom is -0.508 e. The zero-order chi connectivity index (χ0) is 32.8. The lowest BCUT2D eigenvalue weighted by Crippen LogP contribution is -3.09. The molecular formula is C34H38N2O10. The molecule has 0 aromatic heterocycles. The molecule has 0 atom stereocenters. The molecule has 0 unspecified atom stereocenters. The van der Waals surface area contributed by atoms with Gasteiger partial charge in [0.25, 0.3) is 0 Å². The van der Waals surface area contributed by atoms with Crippen molar-refractivity contribution < 1.29 is 48.3 Å². The smallest absolute Gasteiger partial charge is 0.316 e. The maximum atomic E-state index is 14.6. The molecule has 8 rings (SSSR count). The fourth-order valence-corrected chi connectivity index (χ4v) is 10.5. The van der Waals surface area contributed by atoms with Crippen LogP contribution in [0.25, 0.3) is 0 Å². The molecule has 0 spiro atoms. The molecule has 6 fully saturated rings. The Morgan fingerprint density at radius 2 is 0.761 bits per heavy atom. The van der Waals surface area contributed by atoms with E-state index in [1.165, 1.54) is 24.3 Å². The number of ether oxygens (including phenoxy) is 4. The van der Waals surface area contributed by atoms with Crippen molar-refractivity contribution in [1.29, 1.82) is 0 Å². The van der Waals surface area contributed by atoms with E-state index in [1.807, 2.05) is 0 Å². The molecule has 12 heteroatoms. The van der Waals surface area contributed by atoms with Crippen LogP contribution in [0.5, 0.6) is 11.5 Å². The van der Waals surface area contributed by atoms with E-state index in [9.17, 15) is 29.4 Å². The number of nitrogens with one attached hydrogen (secondary N) is 2. The number of esters is 4. The summed E-state index contributed by atoms with van der Waals surface area (Å²) in [6.45, 7) is 6.93. The number of carbonyl (C=O) groups excluding carboxylic acids is 4. The van der Waals surface area contributed by atoms with Gasteiger partial charge in [0.1, 0.15) is 33.2 Å². The number of piperidine rings is 4. The summed E-state index contributed by atoms with van der Waals surface area (Å²) in [4.78, 5) is 58.3. The molecule has 4 saturated heterocycles. The maximum Gasteiger partial charge on any atom is 0.316 e. The van der Waals surface area contributed by atoms with Gasteiger partial charge in [0.15, 0.2) is 0 Å². The van der Waals surface area contributed by atoms with E-state index < -0.39 is 81.5 Å². The molecule has 4 aliphatic heterocycles. The summed E-state index contributed by atoms with van der Waals surface area (Å²) >= 11 is 0. The monoisotopic (exact) mass is 634 g/mol. The lowest BCUT2D eigenvalue weighted by Gasteiger charge is -2.91. The van der Waals surface area contributed by atoms with Crippen molar-refractivity contribution in [1.82, 2.24) is 10.6 Å². The van der Waals surface area contributed by atoms with Crippen LogP contribution in [0.2, 0.25) is 0 Å². The van der Waals surface area contributed by atoms with E-state index in [0.717, 1.165) is 0 Å². The van der Waals surface area contributed by atoms with Gasteiger partial charge in [-0.2, -0.15) is 0 Å². The van der Waals surface area contributed by atoms with Crippen LogP contribution >= 0.6 is 0 Å². The van der Waals surface area contributed by atoms with Crippen LogP contribution in [0.1, 0.15) is 50.7 Å². The molecular weight excluding hydrogens is 596 g/mol. The summed E-state index contributed by atoms with van der Waals surface area (Å²) in [6, 6.07) is 8.76. The molecule has 12 nitrogen and oxygen atoms in total. The SMILES string of the molecule is CCOC(=O)C12C3NC4C(C(=O)OCC)(C5NC1C3(C(=O)OCC)C(c1ccc(O)cc1)C45C(=O)OCC)C2c1ccc(O)cc1. The zero-order valence-electron chi connectivity index (χ0n) is 26.1. The lowest BCUT2D eigenvalue weighted by atomic mass is 9.16. The van der Waals surface area contributed by atoms with Gasteiger partial charge in [0.05, 0.1) is 26.4 Å².